The highest BCUT2D eigenvalue weighted by Crippen LogP contribution is 2.73. The predicted octanol–water partition coefficient (Wildman–Crippen LogP) is 5.46. The monoisotopic (exact) mass is 504 g/mol. The smallest absolute Gasteiger partial charge is 0.160 e. The number of rotatable bonds is 4. The Morgan fingerprint density at radius 1 is 1.06 bits per heavy atom. The molecule has 5 aliphatic rings. The van der Waals surface area contributed by atoms with Gasteiger partial charge in [0.15, 0.2) is 6.29 Å². The first-order valence-corrected chi connectivity index (χ1v) is 14.6. The van der Waals surface area contributed by atoms with Crippen LogP contribution < -0.4 is 0 Å². The molecule has 36 heavy (non-hydrogen) atoms. The molecule has 0 aromatic rings. The van der Waals surface area contributed by atoms with Crippen LogP contribution in [0.2, 0.25) is 0 Å². The maximum atomic E-state index is 10.9. The highest BCUT2D eigenvalue weighted by molar-refractivity contribution is 5.33. The predicted molar refractivity (Wildman–Crippen MR) is 141 cm³/mol. The summed E-state index contributed by atoms with van der Waals surface area (Å²) in [5, 5.41) is 32.1. The molecule has 3 N–H and O–H groups in total. The first-order chi connectivity index (χ1) is 16.6. The van der Waals surface area contributed by atoms with Crippen molar-refractivity contribution >= 4 is 0 Å². The lowest BCUT2D eigenvalue weighted by atomic mass is 9.41. The molecular weight excluding hydrogens is 452 g/mol. The van der Waals surface area contributed by atoms with Crippen LogP contribution in [0.1, 0.15) is 99.8 Å². The molecule has 5 nitrogen and oxygen atoms in total. The third-order valence-electron chi connectivity index (χ3n) is 12.9. The van der Waals surface area contributed by atoms with Crippen molar-refractivity contribution in [1.82, 2.24) is 0 Å². The fraction of sp³-hybridized carbons (Fsp3) is 0.935. The van der Waals surface area contributed by atoms with Crippen molar-refractivity contribution in [3.05, 3.63) is 11.6 Å². The van der Waals surface area contributed by atoms with E-state index in [-0.39, 0.29) is 40.0 Å². The second kappa shape index (κ2) is 8.52. The van der Waals surface area contributed by atoms with Gasteiger partial charge in [-0.1, -0.05) is 46.3 Å². The van der Waals surface area contributed by atoms with E-state index in [0.717, 1.165) is 32.1 Å². The van der Waals surface area contributed by atoms with Gasteiger partial charge in [0.2, 0.25) is 0 Å². The zero-order chi connectivity index (χ0) is 26.5. The molecular formula is C31H52O5. The lowest BCUT2D eigenvalue weighted by Crippen LogP contribution is -2.58. The average molecular weight is 505 g/mol. The molecule has 5 heteroatoms. The van der Waals surface area contributed by atoms with Crippen molar-refractivity contribution in [3.8, 4) is 0 Å². The molecule has 0 unspecified atom stereocenters. The first-order valence-electron chi connectivity index (χ1n) is 14.6. The van der Waals surface area contributed by atoms with E-state index in [1.54, 1.807) is 26.5 Å². The van der Waals surface area contributed by atoms with Crippen LogP contribution in [0.15, 0.2) is 11.6 Å². The molecule has 5 rings (SSSR count). The van der Waals surface area contributed by atoms with Crippen molar-refractivity contribution in [2.75, 3.05) is 7.11 Å². The summed E-state index contributed by atoms with van der Waals surface area (Å²) in [6.45, 7) is 15.5. The zero-order valence-electron chi connectivity index (χ0n) is 24.0. The summed E-state index contributed by atoms with van der Waals surface area (Å²) in [4.78, 5) is 0. The number of hydrogen-bond donors (Lipinski definition) is 3. The molecule has 0 radical (unpaired) electrons. The summed E-state index contributed by atoms with van der Waals surface area (Å²) in [5.41, 5.74) is 1.01. The quantitative estimate of drug-likeness (QED) is 0.443. The molecule has 0 aromatic carbocycles. The van der Waals surface area contributed by atoms with Crippen molar-refractivity contribution in [2.45, 2.75) is 130 Å². The third-order valence-corrected chi connectivity index (χ3v) is 12.9. The summed E-state index contributed by atoms with van der Waals surface area (Å²) < 4.78 is 12.1. The lowest BCUT2D eigenvalue weighted by molar-refractivity contribution is -0.184. The number of aliphatic hydroxyl groups is 3. The van der Waals surface area contributed by atoms with E-state index in [4.69, 9.17) is 9.47 Å². The highest BCUT2D eigenvalue weighted by atomic mass is 16.7. The molecule has 0 bridgehead atoms. The van der Waals surface area contributed by atoms with Crippen molar-refractivity contribution in [1.29, 1.82) is 0 Å². The number of fused-ring (bicyclic) bond motifs is 5. The van der Waals surface area contributed by atoms with E-state index < -0.39 is 17.8 Å². The summed E-state index contributed by atoms with van der Waals surface area (Å²) in [6.07, 6.45) is 9.34. The van der Waals surface area contributed by atoms with Crippen LogP contribution in [0, 0.1) is 45.3 Å². The second-order valence-corrected chi connectivity index (χ2v) is 15.1. The summed E-state index contributed by atoms with van der Waals surface area (Å²) in [5.74, 6) is 1.81. The minimum absolute atomic E-state index is 0.0436. The Kier molecular flexibility index (Phi) is 6.42. The summed E-state index contributed by atoms with van der Waals surface area (Å²) in [7, 11) is 1.72. The molecule has 0 aromatic heterocycles. The van der Waals surface area contributed by atoms with Gasteiger partial charge in [-0.15, -0.1) is 0 Å². The fourth-order valence-electron chi connectivity index (χ4n) is 10.4. The maximum absolute atomic E-state index is 10.9. The maximum Gasteiger partial charge on any atom is 0.160 e. The van der Waals surface area contributed by atoms with Crippen LogP contribution >= 0.6 is 0 Å². The van der Waals surface area contributed by atoms with Crippen LogP contribution in [-0.2, 0) is 9.47 Å². The van der Waals surface area contributed by atoms with E-state index in [1.807, 2.05) is 0 Å². The Labute approximate surface area is 219 Å². The summed E-state index contributed by atoms with van der Waals surface area (Å²) in [6, 6.07) is 0. The summed E-state index contributed by atoms with van der Waals surface area (Å²) >= 11 is 0. The molecule has 1 aliphatic heterocycles. The number of methoxy groups -OCH3 is 1. The second-order valence-electron chi connectivity index (χ2n) is 15.1. The molecule has 4 aliphatic carbocycles. The van der Waals surface area contributed by atoms with Crippen molar-refractivity contribution in [3.63, 3.8) is 0 Å². The van der Waals surface area contributed by atoms with E-state index >= 15 is 0 Å². The number of allylic oxidation sites excluding steroid dienone is 2. The molecule has 1 heterocycles. The van der Waals surface area contributed by atoms with Crippen LogP contribution in [-0.4, -0.2) is 52.6 Å². The van der Waals surface area contributed by atoms with Gasteiger partial charge in [-0.3, -0.25) is 0 Å². The Balaban J connectivity index is 1.45. The van der Waals surface area contributed by atoms with E-state index in [9.17, 15) is 15.3 Å². The van der Waals surface area contributed by atoms with Crippen LogP contribution in [0.3, 0.4) is 0 Å². The van der Waals surface area contributed by atoms with Crippen LogP contribution in [0.4, 0.5) is 0 Å². The number of aliphatic hydroxyl groups excluding tert-OH is 2. The van der Waals surface area contributed by atoms with Gasteiger partial charge in [0, 0.05) is 13.0 Å². The highest BCUT2D eigenvalue weighted by Gasteiger charge is 2.66. The Morgan fingerprint density at radius 3 is 2.39 bits per heavy atom. The molecule has 0 amide bonds. The van der Waals surface area contributed by atoms with Gasteiger partial charge in [0.05, 0.1) is 17.8 Å². The average Bonchev–Trinajstić information content (AvgIpc) is 3.33. The van der Waals surface area contributed by atoms with Gasteiger partial charge >= 0.3 is 0 Å². The van der Waals surface area contributed by atoms with Gasteiger partial charge < -0.3 is 24.8 Å². The van der Waals surface area contributed by atoms with E-state index in [1.165, 1.54) is 19.3 Å². The fourth-order valence-corrected chi connectivity index (χ4v) is 10.4. The Bertz CT molecular complexity index is 890. The van der Waals surface area contributed by atoms with E-state index in [0.29, 0.717) is 17.8 Å². The van der Waals surface area contributed by atoms with Gasteiger partial charge in [0.25, 0.3) is 0 Å². The third kappa shape index (κ3) is 3.58. The SMILES string of the molecule is CO[C@@H]1O[C@@H]([C@H](O)C(C)(C)O)C[C@H]1[C@@H]1CC[C@]2(C)C3=CC[C@H]4C(C)(C)[C@H](O)CC[C@]4(C)[C@H]3CC[C@@]12C. The minimum Gasteiger partial charge on any atom is -0.393 e. The lowest BCUT2D eigenvalue weighted by Gasteiger charge is -2.64. The van der Waals surface area contributed by atoms with Gasteiger partial charge in [-0.2, -0.15) is 0 Å². The molecule has 11 atom stereocenters. The normalized spacial score (nSPS) is 51.2. The molecule has 3 saturated carbocycles. The molecule has 0 spiro atoms. The molecule has 206 valence electrons. The van der Waals surface area contributed by atoms with Crippen molar-refractivity contribution < 1.29 is 24.8 Å². The van der Waals surface area contributed by atoms with Gasteiger partial charge in [-0.25, -0.2) is 0 Å². The van der Waals surface area contributed by atoms with Gasteiger partial charge in [-0.05, 0) is 105 Å². The molecule has 4 fully saturated rings. The van der Waals surface area contributed by atoms with Crippen LogP contribution in [0.5, 0.6) is 0 Å². The first kappa shape index (κ1) is 27.1. The number of ether oxygens (including phenoxy) is 2. The minimum atomic E-state index is -1.20. The molecule has 1 saturated heterocycles. The standard InChI is InChI=1S/C31H52O5/c1-27(2)23-10-9-21-20(29(23,5)14-13-24(27)32)12-16-30(6)19(11-15-31(21,30)7)18-17-22(36-26(18)35-8)25(33)28(3,4)34/h9,18-20,22-26,32-34H,10-17H2,1-8H3/t18-,19-,20-,22+,23-,24+,25-,26+,29+,30-,31+/m0/s1. The Morgan fingerprint density at radius 2 is 1.75 bits per heavy atom. The topological polar surface area (TPSA) is 79.2 Å². The van der Waals surface area contributed by atoms with E-state index in [2.05, 4.69) is 40.7 Å². The largest absolute Gasteiger partial charge is 0.393 e. The zero-order valence-corrected chi connectivity index (χ0v) is 24.0. The number of hydrogen-bond acceptors (Lipinski definition) is 5. The van der Waals surface area contributed by atoms with Gasteiger partial charge in [0.1, 0.15) is 6.10 Å². The Hall–Kier alpha value is -0.460. The van der Waals surface area contributed by atoms with Crippen LogP contribution in [0.25, 0.3) is 0 Å². The van der Waals surface area contributed by atoms with Crippen molar-refractivity contribution in [2.24, 2.45) is 45.3 Å².